The summed E-state index contributed by atoms with van der Waals surface area (Å²) in [5.74, 6) is -0.131. The van der Waals surface area contributed by atoms with Crippen molar-refractivity contribution in [3.63, 3.8) is 0 Å². The molecule has 3 aromatic heterocycles. The van der Waals surface area contributed by atoms with Crippen LogP contribution in [0.4, 0.5) is 5.69 Å². The predicted octanol–water partition coefficient (Wildman–Crippen LogP) is 4.25. The fourth-order valence-corrected chi connectivity index (χ4v) is 5.97. The van der Waals surface area contributed by atoms with Crippen molar-refractivity contribution in [1.29, 1.82) is 0 Å². The quantitative estimate of drug-likeness (QED) is 0.460. The first-order valence-corrected chi connectivity index (χ1v) is 12.3. The molecule has 5 rings (SSSR count). The highest BCUT2D eigenvalue weighted by Gasteiger charge is 2.20. The van der Waals surface area contributed by atoms with E-state index >= 15 is 0 Å². The van der Waals surface area contributed by atoms with Gasteiger partial charge in [-0.3, -0.25) is 14.2 Å². The average molecular weight is 466 g/mol. The van der Waals surface area contributed by atoms with E-state index in [1.165, 1.54) is 16.9 Å². The SMILES string of the molecule is Cn1ccnc1Sc1ccc(NC(=O)CCn2cnc3sc4c(c3c2=O)CCCC4)cc1. The fourth-order valence-electron chi connectivity index (χ4n) is 3.95. The number of benzene rings is 1. The van der Waals surface area contributed by atoms with Crippen molar-refractivity contribution in [1.82, 2.24) is 19.1 Å². The molecular weight excluding hydrogens is 442 g/mol. The largest absolute Gasteiger partial charge is 0.329 e. The first-order valence-electron chi connectivity index (χ1n) is 10.6. The number of carbonyl (C=O) groups is 1. The van der Waals surface area contributed by atoms with Crippen molar-refractivity contribution in [2.45, 2.75) is 48.7 Å². The summed E-state index contributed by atoms with van der Waals surface area (Å²) in [5.41, 5.74) is 1.88. The highest BCUT2D eigenvalue weighted by molar-refractivity contribution is 7.99. The number of rotatable bonds is 6. The van der Waals surface area contributed by atoms with Crippen molar-refractivity contribution >= 4 is 44.9 Å². The zero-order valence-electron chi connectivity index (χ0n) is 17.7. The van der Waals surface area contributed by atoms with Gasteiger partial charge in [-0.2, -0.15) is 0 Å². The number of carbonyl (C=O) groups excluding carboxylic acids is 1. The van der Waals surface area contributed by atoms with E-state index in [4.69, 9.17) is 0 Å². The molecule has 0 radical (unpaired) electrons. The maximum Gasteiger partial charge on any atom is 0.262 e. The lowest BCUT2D eigenvalue weighted by atomic mass is 9.97. The van der Waals surface area contributed by atoms with Gasteiger partial charge >= 0.3 is 0 Å². The highest BCUT2D eigenvalue weighted by Crippen LogP contribution is 2.33. The van der Waals surface area contributed by atoms with E-state index < -0.39 is 0 Å². The Kier molecular flexibility index (Phi) is 5.84. The Hall–Kier alpha value is -2.91. The summed E-state index contributed by atoms with van der Waals surface area (Å²) in [6.07, 6.45) is 9.74. The molecule has 32 heavy (non-hydrogen) atoms. The number of amides is 1. The first-order chi connectivity index (χ1) is 15.6. The monoisotopic (exact) mass is 465 g/mol. The Balaban J connectivity index is 1.22. The lowest BCUT2D eigenvalue weighted by Gasteiger charge is -2.10. The van der Waals surface area contributed by atoms with Crippen LogP contribution in [0.5, 0.6) is 0 Å². The van der Waals surface area contributed by atoms with Crippen molar-refractivity contribution in [3.8, 4) is 0 Å². The normalized spacial score (nSPS) is 13.3. The van der Waals surface area contributed by atoms with Crippen molar-refractivity contribution in [3.05, 3.63) is 63.8 Å². The Morgan fingerprint density at radius 2 is 2.00 bits per heavy atom. The third-order valence-corrected chi connectivity index (χ3v) is 7.93. The Labute approximate surface area is 193 Å². The maximum absolute atomic E-state index is 13.0. The summed E-state index contributed by atoms with van der Waals surface area (Å²) >= 11 is 3.20. The molecule has 0 saturated heterocycles. The Morgan fingerprint density at radius 1 is 1.19 bits per heavy atom. The third kappa shape index (κ3) is 4.22. The Bertz CT molecular complexity index is 1340. The molecule has 0 bridgehead atoms. The standard InChI is InChI=1S/C23H23N5O2S2/c1-27-13-11-24-23(27)31-16-8-6-15(7-9-16)26-19(29)10-12-28-14-25-21-20(22(28)30)17-4-2-3-5-18(17)32-21/h6-9,11,13-14H,2-5,10,12H2,1H3,(H,26,29). The summed E-state index contributed by atoms with van der Waals surface area (Å²) < 4.78 is 3.52. The molecule has 4 aromatic rings. The number of anilines is 1. The molecule has 0 spiro atoms. The number of aryl methyl sites for hydroxylation is 4. The van der Waals surface area contributed by atoms with Gasteiger partial charge in [-0.05, 0) is 55.5 Å². The number of hydrogen-bond acceptors (Lipinski definition) is 6. The van der Waals surface area contributed by atoms with Gasteiger partial charge in [-0.15, -0.1) is 11.3 Å². The van der Waals surface area contributed by atoms with Crippen molar-refractivity contribution in [2.75, 3.05) is 5.32 Å². The highest BCUT2D eigenvalue weighted by atomic mass is 32.2. The van der Waals surface area contributed by atoms with Crippen molar-refractivity contribution in [2.24, 2.45) is 7.05 Å². The molecule has 0 atom stereocenters. The minimum Gasteiger partial charge on any atom is -0.329 e. The average Bonchev–Trinajstić information content (AvgIpc) is 3.38. The van der Waals surface area contributed by atoms with Gasteiger partial charge in [0.05, 0.1) is 11.7 Å². The maximum atomic E-state index is 13.0. The molecule has 0 unspecified atom stereocenters. The minimum absolute atomic E-state index is 0.0298. The van der Waals surface area contributed by atoms with Gasteiger partial charge in [0, 0.05) is 47.9 Å². The second kappa shape index (κ2) is 8.91. The van der Waals surface area contributed by atoms with E-state index in [1.54, 1.807) is 40.2 Å². The molecule has 9 heteroatoms. The van der Waals surface area contributed by atoms with E-state index in [9.17, 15) is 9.59 Å². The van der Waals surface area contributed by atoms with E-state index in [0.717, 1.165) is 45.2 Å². The zero-order chi connectivity index (χ0) is 22.1. The summed E-state index contributed by atoms with van der Waals surface area (Å²) in [6.45, 7) is 0.311. The minimum atomic E-state index is -0.131. The number of hydrogen-bond donors (Lipinski definition) is 1. The third-order valence-electron chi connectivity index (χ3n) is 5.65. The number of imidazole rings is 1. The summed E-state index contributed by atoms with van der Waals surface area (Å²) in [5, 5.41) is 4.57. The van der Waals surface area contributed by atoms with Gasteiger partial charge < -0.3 is 9.88 Å². The molecule has 0 fully saturated rings. The van der Waals surface area contributed by atoms with Gasteiger partial charge in [0.25, 0.3) is 5.56 Å². The molecule has 1 aliphatic carbocycles. The predicted molar refractivity (Wildman–Crippen MR) is 128 cm³/mol. The van der Waals surface area contributed by atoms with Crippen LogP contribution in [0.3, 0.4) is 0 Å². The van der Waals surface area contributed by atoms with Crippen LogP contribution in [-0.4, -0.2) is 25.0 Å². The smallest absolute Gasteiger partial charge is 0.262 e. The van der Waals surface area contributed by atoms with E-state index in [1.807, 2.05) is 42.1 Å². The van der Waals surface area contributed by atoms with E-state index in [-0.39, 0.29) is 17.9 Å². The number of nitrogens with one attached hydrogen (secondary N) is 1. The number of aromatic nitrogens is 4. The first kappa shape index (κ1) is 21.0. The van der Waals surface area contributed by atoms with E-state index in [0.29, 0.717) is 6.54 Å². The van der Waals surface area contributed by atoms with Crippen LogP contribution in [0, 0.1) is 0 Å². The summed E-state index contributed by atoms with van der Waals surface area (Å²) in [4.78, 5) is 37.5. The molecule has 0 aliphatic heterocycles. The second-order valence-electron chi connectivity index (χ2n) is 7.88. The molecule has 164 valence electrons. The molecule has 7 nitrogen and oxygen atoms in total. The lowest BCUT2D eigenvalue weighted by molar-refractivity contribution is -0.116. The van der Waals surface area contributed by atoms with Crippen LogP contribution < -0.4 is 10.9 Å². The van der Waals surface area contributed by atoms with Gasteiger partial charge in [-0.25, -0.2) is 9.97 Å². The van der Waals surface area contributed by atoms with Gasteiger partial charge in [0.1, 0.15) is 4.83 Å². The van der Waals surface area contributed by atoms with Gasteiger partial charge in [-0.1, -0.05) is 11.8 Å². The zero-order valence-corrected chi connectivity index (χ0v) is 19.3. The van der Waals surface area contributed by atoms with Gasteiger partial charge in [0.15, 0.2) is 5.16 Å². The van der Waals surface area contributed by atoms with Crippen LogP contribution in [-0.2, 0) is 31.2 Å². The van der Waals surface area contributed by atoms with Gasteiger partial charge in [0.2, 0.25) is 5.91 Å². The van der Waals surface area contributed by atoms with Crippen LogP contribution in [0.1, 0.15) is 29.7 Å². The van der Waals surface area contributed by atoms with Crippen molar-refractivity contribution < 1.29 is 4.79 Å². The topological polar surface area (TPSA) is 81.8 Å². The number of fused-ring (bicyclic) bond motifs is 3. The molecule has 1 N–H and O–H groups in total. The molecule has 0 saturated carbocycles. The molecule has 1 aliphatic rings. The lowest BCUT2D eigenvalue weighted by Crippen LogP contribution is -2.24. The summed E-state index contributed by atoms with van der Waals surface area (Å²) in [7, 11) is 1.95. The van der Waals surface area contributed by atoms with Crippen LogP contribution in [0.2, 0.25) is 0 Å². The second-order valence-corrected chi connectivity index (χ2v) is 10.0. The fraction of sp³-hybridized carbons (Fsp3) is 0.304. The van der Waals surface area contributed by atoms with Crippen LogP contribution in [0.15, 0.2) is 57.8 Å². The van der Waals surface area contributed by atoms with Crippen LogP contribution >= 0.6 is 23.1 Å². The number of nitrogens with zero attached hydrogens (tertiary/aromatic N) is 4. The molecule has 3 heterocycles. The summed E-state index contributed by atoms with van der Waals surface area (Å²) in [6, 6.07) is 7.66. The van der Waals surface area contributed by atoms with E-state index in [2.05, 4.69) is 15.3 Å². The van der Waals surface area contributed by atoms with Crippen LogP contribution in [0.25, 0.3) is 10.2 Å². The Morgan fingerprint density at radius 3 is 2.78 bits per heavy atom. The molecule has 1 amide bonds. The number of thiophene rings is 1. The molecule has 1 aromatic carbocycles. The molecular formula is C23H23N5O2S2.